The van der Waals surface area contributed by atoms with Crippen LogP contribution in [-0.2, 0) is 27.3 Å². The molecule has 0 radical (unpaired) electrons. The van der Waals surface area contributed by atoms with Gasteiger partial charge in [-0.05, 0) is 41.4 Å². The van der Waals surface area contributed by atoms with Crippen molar-refractivity contribution in [1.82, 2.24) is 5.32 Å². The number of nitrogens with two attached hydrogens (primary N) is 1. The molecule has 3 aliphatic carbocycles. The Morgan fingerprint density at radius 3 is 2.46 bits per heavy atom. The quantitative estimate of drug-likeness (QED) is 0.275. The number of nitrogens with one attached hydrogen (secondary N) is 1. The molecule has 11 heteroatoms. The molecule has 37 heavy (non-hydrogen) atoms. The van der Waals surface area contributed by atoms with E-state index in [1.54, 1.807) is 0 Å². The molecule has 4 atom stereocenters. The van der Waals surface area contributed by atoms with Gasteiger partial charge in [0.1, 0.15) is 22.8 Å². The first-order valence-corrected chi connectivity index (χ1v) is 12.4. The number of hydrogen-bond acceptors (Lipinski definition) is 9. The van der Waals surface area contributed by atoms with E-state index in [9.17, 15) is 39.9 Å². The van der Waals surface area contributed by atoms with Crippen molar-refractivity contribution in [2.24, 2.45) is 23.0 Å². The van der Waals surface area contributed by atoms with Gasteiger partial charge < -0.3 is 36.6 Å². The average Bonchev–Trinajstić information content (AvgIpc) is 2.78. The Morgan fingerprint density at radius 1 is 1.24 bits per heavy atom. The fourth-order valence-corrected chi connectivity index (χ4v) is 6.02. The second-order valence-electron chi connectivity index (χ2n) is 11.1. The predicted octanol–water partition coefficient (Wildman–Crippen LogP) is 1.57. The third-order valence-corrected chi connectivity index (χ3v) is 8.31. The number of hydrogen-bond donors (Lipinski definition) is 7. The smallest absolute Gasteiger partial charge is 0.255 e. The lowest BCUT2D eigenvalue weighted by molar-refractivity contribution is -0.147. The van der Waals surface area contributed by atoms with Crippen LogP contribution in [0.25, 0.3) is 5.76 Å². The van der Waals surface area contributed by atoms with Gasteiger partial charge in [0.15, 0.2) is 11.4 Å². The van der Waals surface area contributed by atoms with Gasteiger partial charge in [-0.15, -0.1) is 0 Å². The topological polar surface area (TPSA) is 190 Å². The van der Waals surface area contributed by atoms with E-state index in [2.05, 4.69) is 5.32 Å². The zero-order valence-corrected chi connectivity index (χ0v) is 21.5. The molecule has 1 fully saturated rings. The first-order chi connectivity index (χ1) is 17.1. The molecular formula is C26H31ClN2O8. The molecule has 8 N–H and O–H groups in total. The Kier molecular flexibility index (Phi) is 6.69. The van der Waals surface area contributed by atoms with Gasteiger partial charge in [0, 0.05) is 35.5 Å². The second kappa shape index (κ2) is 9.13. The van der Waals surface area contributed by atoms with E-state index in [4.69, 9.17) is 17.3 Å². The molecule has 1 unspecified atom stereocenters. The van der Waals surface area contributed by atoms with Crippen molar-refractivity contribution >= 4 is 34.8 Å². The Morgan fingerprint density at radius 2 is 1.89 bits per heavy atom. The van der Waals surface area contributed by atoms with Gasteiger partial charge in [-0.3, -0.25) is 14.4 Å². The van der Waals surface area contributed by atoms with Crippen molar-refractivity contribution in [2.45, 2.75) is 58.2 Å². The molecule has 1 amide bonds. The number of benzene rings is 1. The molecule has 1 saturated carbocycles. The third kappa shape index (κ3) is 4.12. The molecule has 0 aliphatic heterocycles. The van der Waals surface area contributed by atoms with E-state index in [0.29, 0.717) is 11.1 Å². The minimum atomic E-state index is -2.61. The maximum atomic E-state index is 13.5. The van der Waals surface area contributed by atoms with Crippen LogP contribution >= 0.6 is 11.6 Å². The Balaban J connectivity index is 1.78. The van der Waals surface area contributed by atoms with Crippen molar-refractivity contribution < 1.29 is 39.9 Å². The summed E-state index contributed by atoms with van der Waals surface area (Å²) in [6.45, 7) is 6.00. The molecule has 10 nitrogen and oxygen atoms in total. The maximum absolute atomic E-state index is 13.5. The molecule has 1 aromatic carbocycles. The SMILES string of the molecule is CC(C)(C)[C@@H](CO)NCc1cc(O)c2c(c1Cl)CC1C[C@H]3CC(=O)C(C(N)=O)=C(O)[C@@]3(O)C(=O)C1=C2O. The summed E-state index contributed by atoms with van der Waals surface area (Å²) in [5.41, 5.74) is 2.15. The van der Waals surface area contributed by atoms with E-state index >= 15 is 0 Å². The number of halogens is 1. The zero-order chi connectivity index (χ0) is 27.6. The first kappa shape index (κ1) is 27.1. The van der Waals surface area contributed by atoms with Crippen LogP contribution in [0.2, 0.25) is 5.02 Å². The van der Waals surface area contributed by atoms with Gasteiger partial charge in [0.05, 0.1) is 12.2 Å². The molecule has 4 rings (SSSR count). The van der Waals surface area contributed by atoms with Crippen LogP contribution in [0.1, 0.15) is 50.3 Å². The number of aromatic hydroxyl groups is 1. The molecule has 3 aliphatic rings. The standard InChI is InChI=1S/C26H31ClN2O8/c1-25(2,3)16(9-30)29-8-11-6-14(31)18-13(20(11)27)5-10-4-12-7-15(32)19(24(28)36)23(35)26(12,37)22(34)17(10)21(18)33/h6,10,12,16,29-31,33,35,37H,4-5,7-9H2,1-3H3,(H2,28,36)/t10?,12-,16+,26-/m0/s1. The van der Waals surface area contributed by atoms with Gasteiger partial charge >= 0.3 is 0 Å². The van der Waals surface area contributed by atoms with Crippen LogP contribution in [0.5, 0.6) is 5.75 Å². The fourth-order valence-electron chi connectivity index (χ4n) is 5.73. The number of carbonyl (C=O) groups is 3. The normalized spacial score (nSPS) is 26.5. The van der Waals surface area contributed by atoms with Gasteiger partial charge in [0.25, 0.3) is 5.91 Å². The van der Waals surface area contributed by atoms with Crippen LogP contribution < -0.4 is 11.1 Å². The lowest BCUT2D eigenvalue weighted by Gasteiger charge is -2.46. The number of phenolic OH excluding ortho intramolecular Hbond substituents is 1. The van der Waals surface area contributed by atoms with E-state index in [0.717, 1.165) is 0 Å². The van der Waals surface area contributed by atoms with Crippen molar-refractivity contribution in [3.05, 3.63) is 44.7 Å². The summed E-state index contributed by atoms with van der Waals surface area (Å²) in [7, 11) is 0. The monoisotopic (exact) mass is 534 g/mol. The summed E-state index contributed by atoms with van der Waals surface area (Å²) in [6, 6.07) is 1.10. The fraction of sp³-hybridized carbons (Fsp3) is 0.500. The van der Waals surface area contributed by atoms with Crippen molar-refractivity contribution in [1.29, 1.82) is 0 Å². The summed E-state index contributed by atoms with van der Waals surface area (Å²) in [4.78, 5) is 37.7. The van der Waals surface area contributed by atoms with Gasteiger partial charge in [-0.1, -0.05) is 32.4 Å². The lowest BCUT2D eigenvalue weighted by Crippen LogP contribution is -2.58. The molecule has 0 aromatic heterocycles. The number of phenols is 1. The lowest BCUT2D eigenvalue weighted by atomic mass is 9.59. The molecular weight excluding hydrogens is 504 g/mol. The van der Waals surface area contributed by atoms with Gasteiger partial charge in [-0.25, -0.2) is 0 Å². The van der Waals surface area contributed by atoms with E-state index < -0.39 is 52.0 Å². The third-order valence-electron chi connectivity index (χ3n) is 7.84. The van der Waals surface area contributed by atoms with Crippen LogP contribution in [0.3, 0.4) is 0 Å². The van der Waals surface area contributed by atoms with Gasteiger partial charge in [-0.2, -0.15) is 0 Å². The highest BCUT2D eigenvalue weighted by Crippen LogP contribution is 2.53. The number of primary amides is 1. The van der Waals surface area contributed by atoms with Crippen LogP contribution in [0.4, 0.5) is 0 Å². The minimum absolute atomic E-state index is 0.0269. The highest BCUT2D eigenvalue weighted by atomic mass is 35.5. The second-order valence-corrected chi connectivity index (χ2v) is 11.5. The molecule has 0 heterocycles. The number of aliphatic hydroxyl groups excluding tert-OH is 3. The van der Waals surface area contributed by atoms with Crippen LogP contribution in [-0.4, -0.2) is 61.3 Å². The minimum Gasteiger partial charge on any atom is -0.508 e. The summed E-state index contributed by atoms with van der Waals surface area (Å²) < 4.78 is 0. The summed E-state index contributed by atoms with van der Waals surface area (Å²) in [5, 5.41) is 57.1. The number of Topliss-reactive ketones (excluding diaryl/α,β-unsaturated/α-hetero) is 2. The number of aliphatic hydroxyl groups is 4. The van der Waals surface area contributed by atoms with Crippen molar-refractivity contribution in [3.8, 4) is 5.75 Å². The first-order valence-electron chi connectivity index (χ1n) is 12.0. The van der Waals surface area contributed by atoms with Crippen LogP contribution in [0.15, 0.2) is 23.0 Å². The van der Waals surface area contributed by atoms with Crippen LogP contribution in [0, 0.1) is 17.3 Å². The van der Waals surface area contributed by atoms with E-state index in [1.807, 2.05) is 20.8 Å². The zero-order valence-electron chi connectivity index (χ0n) is 20.8. The molecule has 1 aromatic rings. The molecule has 0 spiro atoms. The number of ketones is 2. The van der Waals surface area contributed by atoms with Crippen molar-refractivity contribution in [2.75, 3.05) is 6.61 Å². The Labute approximate surface area is 218 Å². The Hall–Kier alpha value is -2.92. The molecule has 200 valence electrons. The summed E-state index contributed by atoms with van der Waals surface area (Å²) in [5.74, 6) is -6.85. The summed E-state index contributed by atoms with van der Waals surface area (Å²) in [6.07, 6.45) is -0.239. The van der Waals surface area contributed by atoms with E-state index in [1.165, 1.54) is 6.07 Å². The molecule has 0 saturated heterocycles. The predicted molar refractivity (Wildman–Crippen MR) is 134 cm³/mol. The summed E-state index contributed by atoms with van der Waals surface area (Å²) >= 11 is 6.70. The Bertz CT molecular complexity index is 1280. The molecule has 0 bridgehead atoms. The average molecular weight is 535 g/mol. The highest BCUT2D eigenvalue weighted by Gasteiger charge is 2.60. The number of rotatable bonds is 5. The largest absolute Gasteiger partial charge is 0.508 e. The number of fused-ring (bicyclic) bond motifs is 3. The maximum Gasteiger partial charge on any atom is 0.255 e. The van der Waals surface area contributed by atoms with E-state index in [-0.39, 0.29) is 65.8 Å². The highest BCUT2D eigenvalue weighted by molar-refractivity contribution is 6.32. The van der Waals surface area contributed by atoms with Crippen molar-refractivity contribution in [3.63, 3.8) is 0 Å². The number of amides is 1. The number of carbonyl (C=O) groups excluding carboxylic acids is 3. The van der Waals surface area contributed by atoms with Gasteiger partial charge in [0.2, 0.25) is 5.78 Å².